The zero-order valence-corrected chi connectivity index (χ0v) is 24.4. The second-order valence-electron chi connectivity index (χ2n) is 10.5. The van der Waals surface area contributed by atoms with Crippen molar-refractivity contribution in [2.24, 2.45) is 5.92 Å². The van der Waals surface area contributed by atoms with Crippen molar-refractivity contribution in [3.05, 3.63) is 71.7 Å². The molecule has 4 aromatic rings. The highest BCUT2D eigenvalue weighted by molar-refractivity contribution is 5.96. The van der Waals surface area contributed by atoms with Gasteiger partial charge in [-0.1, -0.05) is 0 Å². The Kier molecular flexibility index (Phi) is 9.30. The van der Waals surface area contributed by atoms with Crippen LogP contribution in [-0.2, 0) is 4.79 Å². The number of amides is 2. The van der Waals surface area contributed by atoms with Crippen molar-refractivity contribution in [1.29, 1.82) is 5.26 Å². The summed E-state index contributed by atoms with van der Waals surface area (Å²) in [6.45, 7) is 3.60. The Balaban J connectivity index is 1.27. The predicted molar refractivity (Wildman–Crippen MR) is 159 cm³/mol. The Morgan fingerprint density at radius 1 is 1.14 bits per heavy atom. The van der Waals surface area contributed by atoms with Gasteiger partial charge in [0, 0.05) is 48.8 Å². The van der Waals surface area contributed by atoms with E-state index in [9.17, 15) is 18.4 Å². The number of nitriles is 1. The molecule has 1 aliphatic heterocycles. The fourth-order valence-corrected chi connectivity index (χ4v) is 5.27. The molecule has 1 saturated heterocycles. The van der Waals surface area contributed by atoms with Crippen molar-refractivity contribution < 1.29 is 23.1 Å². The molecule has 1 aliphatic rings. The molecule has 2 aromatic heterocycles. The Labute approximate surface area is 252 Å². The lowest BCUT2D eigenvalue weighted by molar-refractivity contribution is -0.120. The molecule has 2 amide bonds. The number of hydrogen-bond donors (Lipinski definition) is 3. The van der Waals surface area contributed by atoms with E-state index in [-0.39, 0.29) is 29.7 Å². The van der Waals surface area contributed by atoms with Gasteiger partial charge >= 0.3 is 0 Å². The highest BCUT2D eigenvalue weighted by Crippen LogP contribution is 2.32. The van der Waals surface area contributed by atoms with E-state index in [1.54, 1.807) is 35.8 Å². The number of carbonyl (C=O) groups is 2. The topological polar surface area (TPSA) is 137 Å². The third-order valence-corrected chi connectivity index (χ3v) is 7.59. The Bertz CT molecular complexity index is 1730. The van der Waals surface area contributed by atoms with E-state index in [0.717, 1.165) is 18.4 Å². The van der Waals surface area contributed by atoms with Gasteiger partial charge in [0.05, 0.1) is 18.4 Å². The number of piperidine rings is 1. The van der Waals surface area contributed by atoms with Crippen LogP contribution in [0.1, 0.15) is 28.8 Å². The second-order valence-corrected chi connectivity index (χ2v) is 10.5. The summed E-state index contributed by atoms with van der Waals surface area (Å²) >= 11 is 0. The number of likely N-dealkylation sites (N-methyl/N-ethyl adjacent to an activating group) is 1. The molecule has 0 saturated carbocycles. The molecule has 44 heavy (non-hydrogen) atoms. The average molecular weight is 603 g/mol. The number of aryl methyl sites for hydroxylation is 1. The van der Waals surface area contributed by atoms with Crippen molar-refractivity contribution in [2.45, 2.75) is 19.8 Å². The number of hydrogen-bond acceptors (Lipinski definition) is 8. The van der Waals surface area contributed by atoms with Gasteiger partial charge in [0.15, 0.2) is 29.6 Å². The van der Waals surface area contributed by atoms with E-state index in [2.05, 4.69) is 25.9 Å². The number of carbonyl (C=O) groups excluding carboxylic acids is 2. The van der Waals surface area contributed by atoms with Gasteiger partial charge in [0.2, 0.25) is 11.7 Å². The van der Waals surface area contributed by atoms with Crippen LogP contribution in [0.4, 0.5) is 20.3 Å². The van der Waals surface area contributed by atoms with Crippen LogP contribution in [0.3, 0.4) is 0 Å². The van der Waals surface area contributed by atoms with E-state index in [1.807, 2.05) is 17.9 Å². The van der Waals surface area contributed by atoms with Gasteiger partial charge in [-0.05, 0) is 68.6 Å². The molecular weight excluding hydrogens is 570 g/mol. The SMILES string of the molecule is CNCC(=O)NCC1CCN(C(=O)c2ccc(Nc3nccn4c(-c5ccc(OCC#N)c(F)c5F)cnc34)cc2C)CC1. The van der Waals surface area contributed by atoms with Gasteiger partial charge < -0.3 is 25.6 Å². The lowest BCUT2D eigenvalue weighted by Gasteiger charge is -2.32. The van der Waals surface area contributed by atoms with Crippen molar-refractivity contribution in [3.63, 3.8) is 0 Å². The summed E-state index contributed by atoms with van der Waals surface area (Å²) in [5.74, 6) is -2.01. The number of rotatable bonds is 10. The largest absolute Gasteiger partial charge is 0.476 e. The molecule has 0 aliphatic carbocycles. The smallest absolute Gasteiger partial charge is 0.254 e. The number of aromatic nitrogens is 3. The van der Waals surface area contributed by atoms with Crippen LogP contribution in [0.15, 0.2) is 48.9 Å². The Hall–Kier alpha value is -5.09. The van der Waals surface area contributed by atoms with Crippen LogP contribution in [0.2, 0.25) is 0 Å². The van der Waals surface area contributed by atoms with Gasteiger partial charge in [0.1, 0.15) is 6.07 Å². The number of nitrogens with one attached hydrogen (secondary N) is 3. The quantitative estimate of drug-likeness (QED) is 0.249. The number of halogens is 2. The molecule has 0 unspecified atom stereocenters. The first-order valence-electron chi connectivity index (χ1n) is 14.2. The van der Waals surface area contributed by atoms with Crippen LogP contribution < -0.4 is 20.7 Å². The van der Waals surface area contributed by atoms with E-state index < -0.39 is 18.2 Å². The molecule has 13 heteroatoms. The molecule has 11 nitrogen and oxygen atoms in total. The number of ether oxygens (including phenoxy) is 1. The molecule has 0 spiro atoms. The predicted octanol–water partition coefficient (Wildman–Crippen LogP) is 3.82. The standard InChI is InChI=1S/C31H32F2N8O3/c1-19-15-21(3-4-22(19)31(43)40-11-7-20(8-12-40)16-37-26(42)18-35-2)39-29-30-38-17-24(41(30)13-10-36-29)23-5-6-25(44-14-9-34)28(33)27(23)32/h3-6,10,13,15,17,20,35H,7-8,11-12,14,16,18H2,1-2H3,(H,36,39)(H,37,42). The highest BCUT2D eigenvalue weighted by atomic mass is 19.2. The van der Waals surface area contributed by atoms with E-state index in [1.165, 1.54) is 24.5 Å². The first kappa shape index (κ1) is 30.4. The van der Waals surface area contributed by atoms with E-state index in [0.29, 0.717) is 54.0 Å². The minimum atomic E-state index is -1.19. The molecule has 3 heterocycles. The van der Waals surface area contributed by atoms with Gasteiger partial charge in [-0.15, -0.1) is 0 Å². The summed E-state index contributed by atoms with van der Waals surface area (Å²) in [5, 5.41) is 17.6. The van der Waals surface area contributed by atoms with E-state index >= 15 is 0 Å². The molecule has 0 radical (unpaired) electrons. The molecule has 228 valence electrons. The summed E-state index contributed by atoms with van der Waals surface area (Å²) in [4.78, 5) is 35.6. The normalized spacial score (nSPS) is 13.5. The maximum Gasteiger partial charge on any atom is 0.254 e. The van der Waals surface area contributed by atoms with Gasteiger partial charge in [-0.2, -0.15) is 9.65 Å². The number of imidazole rings is 1. The number of benzene rings is 2. The maximum absolute atomic E-state index is 15.0. The Morgan fingerprint density at radius 2 is 1.93 bits per heavy atom. The minimum Gasteiger partial charge on any atom is -0.476 e. The molecule has 1 fully saturated rings. The molecular formula is C31H32F2N8O3. The fourth-order valence-electron chi connectivity index (χ4n) is 5.27. The van der Waals surface area contributed by atoms with Crippen LogP contribution in [-0.4, -0.2) is 70.9 Å². The fraction of sp³-hybridized carbons (Fsp3) is 0.323. The van der Waals surface area contributed by atoms with Gasteiger partial charge in [0.25, 0.3) is 5.91 Å². The first-order valence-corrected chi connectivity index (χ1v) is 14.2. The molecule has 0 atom stereocenters. The minimum absolute atomic E-state index is 0.0299. The summed E-state index contributed by atoms with van der Waals surface area (Å²) in [6, 6.07) is 9.77. The van der Waals surface area contributed by atoms with Gasteiger partial charge in [-0.3, -0.25) is 14.0 Å². The molecule has 3 N–H and O–H groups in total. The van der Waals surface area contributed by atoms with Crippen LogP contribution >= 0.6 is 0 Å². The molecule has 0 bridgehead atoms. The maximum atomic E-state index is 15.0. The van der Waals surface area contributed by atoms with Gasteiger partial charge in [-0.25, -0.2) is 14.4 Å². The number of likely N-dealkylation sites (tertiary alicyclic amines) is 1. The summed E-state index contributed by atoms with van der Waals surface area (Å²) in [7, 11) is 1.73. The van der Waals surface area contributed by atoms with Crippen LogP contribution in [0.25, 0.3) is 16.9 Å². The highest BCUT2D eigenvalue weighted by Gasteiger charge is 2.25. The Morgan fingerprint density at radius 3 is 2.66 bits per heavy atom. The summed E-state index contributed by atoms with van der Waals surface area (Å²) in [5.41, 5.74) is 2.72. The third-order valence-electron chi connectivity index (χ3n) is 7.59. The summed E-state index contributed by atoms with van der Waals surface area (Å²) in [6.07, 6.45) is 6.17. The number of nitrogens with zero attached hydrogens (tertiary/aromatic N) is 5. The summed E-state index contributed by atoms with van der Waals surface area (Å²) < 4.78 is 36.1. The van der Waals surface area contributed by atoms with Crippen molar-refractivity contribution >= 4 is 29.0 Å². The zero-order valence-electron chi connectivity index (χ0n) is 24.4. The number of fused-ring (bicyclic) bond motifs is 1. The van der Waals surface area contributed by atoms with Crippen molar-refractivity contribution in [2.75, 3.05) is 45.2 Å². The van der Waals surface area contributed by atoms with E-state index in [4.69, 9.17) is 10.00 Å². The van der Waals surface area contributed by atoms with Crippen molar-refractivity contribution in [1.82, 2.24) is 29.9 Å². The lowest BCUT2D eigenvalue weighted by Crippen LogP contribution is -2.42. The lowest BCUT2D eigenvalue weighted by atomic mass is 9.95. The average Bonchev–Trinajstić information content (AvgIpc) is 3.46. The zero-order chi connectivity index (χ0) is 31.2. The number of anilines is 2. The molecule has 2 aromatic carbocycles. The van der Waals surface area contributed by atoms with Crippen LogP contribution in [0.5, 0.6) is 5.75 Å². The first-order chi connectivity index (χ1) is 21.3. The molecule has 5 rings (SSSR count). The second kappa shape index (κ2) is 13.5. The monoisotopic (exact) mass is 602 g/mol. The van der Waals surface area contributed by atoms with Crippen LogP contribution in [0, 0.1) is 35.8 Å². The third kappa shape index (κ3) is 6.45. The van der Waals surface area contributed by atoms with Crippen molar-refractivity contribution in [3.8, 4) is 23.1 Å².